The van der Waals surface area contributed by atoms with Crippen LogP contribution < -0.4 is 5.73 Å². The Bertz CT molecular complexity index is 540. The largest absolute Gasteiger partial charge is 0.396 e. The van der Waals surface area contributed by atoms with Crippen molar-refractivity contribution in [2.75, 3.05) is 5.73 Å². The number of thiophene rings is 1. The van der Waals surface area contributed by atoms with Crippen molar-refractivity contribution < 1.29 is 0 Å². The number of nitrogen functional groups attached to an aromatic ring is 1. The van der Waals surface area contributed by atoms with Crippen LogP contribution in [0.5, 0.6) is 0 Å². The maximum Gasteiger partial charge on any atom is 0.125 e. The van der Waals surface area contributed by atoms with E-state index in [9.17, 15) is 0 Å². The highest BCUT2D eigenvalue weighted by atomic mass is 35.5. The van der Waals surface area contributed by atoms with Crippen molar-refractivity contribution in [3.05, 3.63) is 22.7 Å². The van der Waals surface area contributed by atoms with Gasteiger partial charge >= 0.3 is 0 Å². The molecular weight excluding hydrogens is 266 g/mol. The van der Waals surface area contributed by atoms with E-state index in [-0.39, 0.29) is 0 Å². The topological polar surface area (TPSA) is 43.8 Å². The summed E-state index contributed by atoms with van der Waals surface area (Å²) in [5, 5.41) is 4.66. The first-order valence-corrected chi connectivity index (χ1v) is 7.54. The Labute approximate surface area is 116 Å². The lowest BCUT2D eigenvalue weighted by Crippen LogP contribution is -2.13. The fraction of sp³-hybridized carbons (Fsp3) is 0.462. The molecule has 0 saturated heterocycles. The van der Waals surface area contributed by atoms with Crippen LogP contribution in [0.1, 0.15) is 38.1 Å². The van der Waals surface area contributed by atoms with Crippen LogP contribution >= 0.6 is 22.9 Å². The maximum absolute atomic E-state index is 6.07. The molecule has 0 aliphatic heterocycles. The van der Waals surface area contributed by atoms with Crippen LogP contribution in [-0.2, 0) is 0 Å². The summed E-state index contributed by atoms with van der Waals surface area (Å²) >= 11 is 7.49. The second-order valence-corrected chi connectivity index (χ2v) is 6.52. The molecule has 0 radical (unpaired) electrons. The number of aromatic nitrogens is 2. The molecule has 1 saturated carbocycles. The number of nitrogens with two attached hydrogens (primary N) is 1. The standard InChI is InChI=1S/C13H16ClN3S/c14-12-7-6-11(18-12)13-10(15)8-17(16-13)9-4-2-1-3-5-9/h6-9H,1-5,15H2. The monoisotopic (exact) mass is 281 g/mol. The molecule has 1 aliphatic carbocycles. The van der Waals surface area contributed by atoms with Crippen LogP contribution in [0.3, 0.4) is 0 Å². The molecule has 1 fully saturated rings. The number of hydrogen-bond donors (Lipinski definition) is 1. The van der Waals surface area contributed by atoms with Gasteiger partial charge in [-0.3, -0.25) is 4.68 Å². The predicted molar refractivity (Wildman–Crippen MR) is 77.1 cm³/mol. The zero-order chi connectivity index (χ0) is 12.5. The third kappa shape index (κ3) is 2.27. The molecule has 18 heavy (non-hydrogen) atoms. The van der Waals surface area contributed by atoms with Crippen molar-refractivity contribution >= 4 is 28.6 Å². The van der Waals surface area contributed by atoms with Crippen molar-refractivity contribution in [1.82, 2.24) is 9.78 Å². The first-order chi connectivity index (χ1) is 8.74. The van der Waals surface area contributed by atoms with Crippen molar-refractivity contribution in [3.63, 3.8) is 0 Å². The lowest BCUT2D eigenvalue weighted by atomic mass is 9.96. The lowest BCUT2D eigenvalue weighted by molar-refractivity contribution is 0.330. The van der Waals surface area contributed by atoms with E-state index in [2.05, 4.69) is 9.78 Å². The zero-order valence-electron chi connectivity index (χ0n) is 10.1. The number of nitrogens with zero attached hydrogens (tertiary/aromatic N) is 2. The third-order valence-corrected chi connectivity index (χ3v) is 4.75. The molecule has 3 nitrogen and oxygen atoms in total. The van der Waals surface area contributed by atoms with Gasteiger partial charge in [0.1, 0.15) is 5.69 Å². The normalized spacial score (nSPS) is 17.2. The third-order valence-electron chi connectivity index (χ3n) is 3.52. The quantitative estimate of drug-likeness (QED) is 0.889. The van der Waals surface area contributed by atoms with Gasteiger partial charge in [0.2, 0.25) is 0 Å². The number of anilines is 1. The van der Waals surface area contributed by atoms with E-state index in [0.29, 0.717) is 6.04 Å². The SMILES string of the molecule is Nc1cn(C2CCCCC2)nc1-c1ccc(Cl)s1. The molecule has 2 heterocycles. The van der Waals surface area contributed by atoms with Gasteiger partial charge in [0.05, 0.1) is 20.9 Å². The van der Waals surface area contributed by atoms with Gasteiger partial charge in [-0.2, -0.15) is 5.10 Å². The summed E-state index contributed by atoms with van der Waals surface area (Å²) in [6, 6.07) is 4.39. The van der Waals surface area contributed by atoms with E-state index in [1.807, 2.05) is 18.3 Å². The molecule has 0 amide bonds. The number of halogens is 1. The lowest BCUT2D eigenvalue weighted by Gasteiger charge is -2.21. The summed E-state index contributed by atoms with van der Waals surface area (Å²) in [5.41, 5.74) is 7.69. The Kier molecular flexibility index (Phi) is 3.31. The van der Waals surface area contributed by atoms with E-state index in [4.69, 9.17) is 17.3 Å². The smallest absolute Gasteiger partial charge is 0.125 e. The Morgan fingerprint density at radius 2 is 2.06 bits per heavy atom. The molecule has 5 heteroatoms. The van der Waals surface area contributed by atoms with Gasteiger partial charge in [-0.1, -0.05) is 30.9 Å². The minimum Gasteiger partial charge on any atom is -0.396 e. The first-order valence-electron chi connectivity index (χ1n) is 6.34. The summed E-state index contributed by atoms with van der Waals surface area (Å²) in [6.07, 6.45) is 8.34. The first kappa shape index (κ1) is 12.1. The van der Waals surface area contributed by atoms with Crippen molar-refractivity contribution in [2.24, 2.45) is 0 Å². The van der Waals surface area contributed by atoms with Gasteiger partial charge < -0.3 is 5.73 Å². The highest BCUT2D eigenvalue weighted by Crippen LogP contribution is 2.35. The predicted octanol–water partition coefficient (Wildman–Crippen LogP) is 4.35. The Balaban J connectivity index is 1.90. The Morgan fingerprint density at radius 1 is 1.28 bits per heavy atom. The van der Waals surface area contributed by atoms with Crippen LogP contribution in [0.4, 0.5) is 5.69 Å². The van der Waals surface area contributed by atoms with Gasteiger partial charge in [-0.05, 0) is 25.0 Å². The van der Waals surface area contributed by atoms with E-state index < -0.39 is 0 Å². The van der Waals surface area contributed by atoms with Crippen molar-refractivity contribution in [3.8, 4) is 10.6 Å². The molecular formula is C13H16ClN3S. The summed E-state index contributed by atoms with van der Waals surface area (Å²) in [5.74, 6) is 0. The minimum atomic E-state index is 0.519. The van der Waals surface area contributed by atoms with Crippen molar-refractivity contribution in [2.45, 2.75) is 38.1 Å². The average Bonchev–Trinajstić information content (AvgIpc) is 2.97. The van der Waals surface area contributed by atoms with Gasteiger partial charge in [-0.25, -0.2) is 0 Å². The molecule has 2 aromatic heterocycles. The summed E-state index contributed by atoms with van der Waals surface area (Å²) in [6.45, 7) is 0. The number of rotatable bonds is 2. The zero-order valence-corrected chi connectivity index (χ0v) is 11.7. The van der Waals surface area contributed by atoms with Crippen LogP contribution in [0, 0.1) is 0 Å². The van der Waals surface area contributed by atoms with E-state index in [1.165, 1.54) is 43.4 Å². The number of hydrogen-bond acceptors (Lipinski definition) is 3. The average molecular weight is 282 g/mol. The van der Waals surface area contributed by atoms with Crippen LogP contribution in [0.25, 0.3) is 10.6 Å². The van der Waals surface area contributed by atoms with Gasteiger partial charge in [0, 0.05) is 6.20 Å². The van der Waals surface area contributed by atoms with E-state index in [0.717, 1.165) is 20.6 Å². The van der Waals surface area contributed by atoms with Crippen LogP contribution in [0.15, 0.2) is 18.3 Å². The highest BCUT2D eigenvalue weighted by Gasteiger charge is 2.19. The molecule has 0 unspecified atom stereocenters. The van der Waals surface area contributed by atoms with Crippen LogP contribution in [-0.4, -0.2) is 9.78 Å². The van der Waals surface area contributed by atoms with Crippen LogP contribution in [0.2, 0.25) is 4.34 Å². The van der Waals surface area contributed by atoms with Gasteiger partial charge in [-0.15, -0.1) is 11.3 Å². The molecule has 0 bridgehead atoms. The Morgan fingerprint density at radius 3 is 2.72 bits per heavy atom. The summed E-state index contributed by atoms with van der Waals surface area (Å²) in [4.78, 5) is 1.05. The molecule has 0 spiro atoms. The second-order valence-electron chi connectivity index (χ2n) is 4.81. The summed E-state index contributed by atoms with van der Waals surface area (Å²) in [7, 11) is 0. The molecule has 2 aromatic rings. The molecule has 96 valence electrons. The Hall–Kier alpha value is -1.000. The van der Waals surface area contributed by atoms with E-state index >= 15 is 0 Å². The molecule has 3 rings (SSSR count). The second kappa shape index (κ2) is 4.94. The molecule has 0 atom stereocenters. The highest BCUT2D eigenvalue weighted by molar-refractivity contribution is 7.19. The molecule has 2 N–H and O–H groups in total. The fourth-order valence-electron chi connectivity index (χ4n) is 2.57. The molecule has 0 aromatic carbocycles. The minimum absolute atomic E-state index is 0.519. The fourth-order valence-corrected chi connectivity index (χ4v) is 3.62. The summed E-state index contributed by atoms with van der Waals surface area (Å²) < 4.78 is 2.83. The van der Waals surface area contributed by atoms with Crippen molar-refractivity contribution in [1.29, 1.82) is 0 Å². The van der Waals surface area contributed by atoms with E-state index in [1.54, 1.807) is 0 Å². The van der Waals surface area contributed by atoms with Gasteiger partial charge in [0.15, 0.2) is 0 Å². The molecule has 1 aliphatic rings. The van der Waals surface area contributed by atoms with Gasteiger partial charge in [0.25, 0.3) is 0 Å². The maximum atomic E-state index is 6.07.